The van der Waals surface area contributed by atoms with Crippen LogP contribution in [0.15, 0.2) is 18.2 Å². The van der Waals surface area contributed by atoms with E-state index in [9.17, 15) is 13.6 Å². The predicted octanol–water partition coefficient (Wildman–Crippen LogP) is 2.76. The Balaban J connectivity index is 2.23. The summed E-state index contributed by atoms with van der Waals surface area (Å²) in [5.41, 5.74) is -0.554. The van der Waals surface area contributed by atoms with Gasteiger partial charge in [0.2, 0.25) is 0 Å². The van der Waals surface area contributed by atoms with E-state index in [-0.39, 0.29) is 12.0 Å². The zero-order chi connectivity index (χ0) is 11.8. The first kappa shape index (κ1) is 11.0. The average molecular weight is 226 g/mol. The van der Waals surface area contributed by atoms with Crippen molar-refractivity contribution in [2.24, 2.45) is 5.41 Å². The van der Waals surface area contributed by atoms with Crippen molar-refractivity contribution in [3.05, 3.63) is 35.4 Å². The first-order chi connectivity index (χ1) is 7.53. The van der Waals surface area contributed by atoms with Crippen LogP contribution >= 0.6 is 0 Å². The van der Waals surface area contributed by atoms with Gasteiger partial charge in [-0.05, 0) is 30.9 Å². The van der Waals surface area contributed by atoms with Gasteiger partial charge in [0.1, 0.15) is 11.6 Å². The van der Waals surface area contributed by atoms with Crippen LogP contribution in [0.4, 0.5) is 8.78 Å². The van der Waals surface area contributed by atoms with Crippen molar-refractivity contribution in [2.45, 2.75) is 25.7 Å². The highest BCUT2D eigenvalue weighted by Crippen LogP contribution is 2.44. The van der Waals surface area contributed by atoms with Gasteiger partial charge in [-0.1, -0.05) is 12.5 Å². The van der Waals surface area contributed by atoms with Gasteiger partial charge in [0.05, 0.1) is 5.41 Å². The van der Waals surface area contributed by atoms with E-state index in [0.717, 1.165) is 18.6 Å². The summed E-state index contributed by atoms with van der Waals surface area (Å²) in [5.74, 6) is -2.19. The van der Waals surface area contributed by atoms with Gasteiger partial charge < -0.3 is 5.11 Å². The second-order valence-corrected chi connectivity index (χ2v) is 4.35. The Hall–Kier alpha value is -1.45. The zero-order valence-electron chi connectivity index (χ0n) is 8.67. The van der Waals surface area contributed by atoms with Crippen molar-refractivity contribution >= 4 is 5.97 Å². The van der Waals surface area contributed by atoms with Crippen LogP contribution in [-0.4, -0.2) is 11.1 Å². The zero-order valence-corrected chi connectivity index (χ0v) is 8.67. The van der Waals surface area contributed by atoms with Gasteiger partial charge in [0, 0.05) is 6.07 Å². The van der Waals surface area contributed by atoms with E-state index in [0.29, 0.717) is 12.8 Å². The third-order valence-electron chi connectivity index (χ3n) is 3.31. The molecule has 0 bridgehead atoms. The summed E-state index contributed by atoms with van der Waals surface area (Å²) in [5, 5.41) is 9.09. The highest BCUT2D eigenvalue weighted by atomic mass is 19.1. The highest BCUT2D eigenvalue weighted by Gasteiger charge is 2.44. The molecule has 0 saturated heterocycles. The van der Waals surface area contributed by atoms with Gasteiger partial charge in [-0.2, -0.15) is 0 Å². The Morgan fingerprint density at radius 2 is 2.06 bits per heavy atom. The standard InChI is InChI=1S/C12H12F2O2/c13-9-3-2-8(10(14)6-9)7-12(11(15)16)4-1-5-12/h2-3,6H,1,4-5,7H2,(H,15,16). The number of hydrogen-bond acceptors (Lipinski definition) is 1. The molecule has 1 aliphatic carbocycles. The lowest BCUT2D eigenvalue weighted by Gasteiger charge is -2.37. The van der Waals surface area contributed by atoms with Gasteiger partial charge in [-0.25, -0.2) is 8.78 Å². The third kappa shape index (κ3) is 1.79. The lowest BCUT2D eigenvalue weighted by Crippen LogP contribution is -2.40. The minimum Gasteiger partial charge on any atom is -0.481 e. The van der Waals surface area contributed by atoms with Crippen molar-refractivity contribution in [2.75, 3.05) is 0 Å². The summed E-state index contributed by atoms with van der Waals surface area (Å²) in [6, 6.07) is 3.28. The molecule has 0 aromatic heterocycles. The predicted molar refractivity (Wildman–Crippen MR) is 54.0 cm³/mol. The number of hydrogen-bond donors (Lipinski definition) is 1. The average Bonchev–Trinajstić information content (AvgIpc) is 2.13. The second-order valence-electron chi connectivity index (χ2n) is 4.35. The van der Waals surface area contributed by atoms with Crippen LogP contribution < -0.4 is 0 Å². The van der Waals surface area contributed by atoms with Gasteiger partial charge in [0.15, 0.2) is 0 Å². The summed E-state index contributed by atoms with van der Waals surface area (Å²) < 4.78 is 26.1. The van der Waals surface area contributed by atoms with Crippen molar-refractivity contribution < 1.29 is 18.7 Å². The SMILES string of the molecule is O=C(O)C1(Cc2ccc(F)cc2F)CCC1. The third-order valence-corrected chi connectivity index (χ3v) is 3.31. The number of carboxylic acid groups (broad SMARTS) is 1. The second kappa shape index (κ2) is 3.85. The van der Waals surface area contributed by atoms with Crippen LogP contribution in [-0.2, 0) is 11.2 Å². The Labute approximate surface area is 91.9 Å². The van der Waals surface area contributed by atoms with Crippen molar-refractivity contribution in [1.29, 1.82) is 0 Å². The minimum absolute atomic E-state index is 0.147. The summed E-state index contributed by atoms with van der Waals surface area (Å²) >= 11 is 0. The lowest BCUT2D eigenvalue weighted by atomic mass is 9.65. The van der Waals surface area contributed by atoms with Crippen LogP contribution in [0.1, 0.15) is 24.8 Å². The first-order valence-corrected chi connectivity index (χ1v) is 5.21. The van der Waals surface area contributed by atoms with Crippen LogP contribution in [0.3, 0.4) is 0 Å². The molecule has 1 fully saturated rings. The minimum atomic E-state index is -0.887. The van der Waals surface area contributed by atoms with Crippen LogP contribution in [0.2, 0.25) is 0 Å². The fourth-order valence-electron chi connectivity index (χ4n) is 2.10. The Kier molecular flexibility index (Phi) is 2.66. The molecule has 1 aromatic carbocycles. The van der Waals surface area contributed by atoms with Crippen LogP contribution in [0.5, 0.6) is 0 Å². The monoisotopic (exact) mass is 226 g/mol. The van der Waals surface area contributed by atoms with Crippen molar-refractivity contribution in [3.8, 4) is 0 Å². The van der Waals surface area contributed by atoms with E-state index < -0.39 is 23.0 Å². The number of rotatable bonds is 3. The molecule has 2 rings (SSSR count). The van der Waals surface area contributed by atoms with Crippen LogP contribution in [0.25, 0.3) is 0 Å². The summed E-state index contributed by atoms with van der Waals surface area (Å²) in [6.45, 7) is 0. The molecule has 0 unspecified atom stereocenters. The molecule has 0 amide bonds. The molecule has 1 N–H and O–H groups in total. The smallest absolute Gasteiger partial charge is 0.309 e. The number of benzene rings is 1. The molecule has 86 valence electrons. The molecule has 1 aliphatic rings. The first-order valence-electron chi connectivity index (χ1n) is 5.21. The van der Waals surface area contributed by atoms with E-state index in [1.54, 1.807) is 0 Å². The molecular weight excluding hydrogens is 214 g/mol. The molecule has 0 heterocycles. The summed E-state index contributed by atoms with van der Waals surface area (Å²) in [4.78, 5) is 11.1. The normalized spacial score (nSPS) is 17.9. The molecule has 0 aliphatic heterocycles. The molecular formula is C12H12F2O2. The largest absolute Gasteiger partial charge is 0.481 e. The van der Waals surface area contributed by atoms with E-state index >= 15 is 0 Å². The quantitative estimate of drug-likeness (QED) is 0.860. The van der Waals surface area contributed by atoms with Crippen LogP contribution in [0, 0.1) is 17.0 Å². The Bertz CT molecular complexity index is 425. The number of carboxylic acids is 1. The lowest BCUT2D eigenvalue weighted by molar-refractivity contribution is -0.154. The van der Waals surface area contributed by atoms with E-state index in [2.05, 4.69) is 0 Å². The van der Waals surface area contributed by atoms with Crippen molar-refractivity contribution in [1.82, 2.24) is 0 Å². The maximum atomic E-state index is 13.4. The Morgan fingerprint density at radius 1 is 1.38 bits per heavy atom. The van der Waals surface area contributed by atoms with Gasteiger partial charge >= 0.3 is 5.97 Å². The topological polar surface area (TPSA) is 37.3 Å². The van der Waals surface area contributed by atoms with E-state index in [1.165, 1.54) is 6.07 Å². The fourth-order valence-corrected chi connectivity index (χ4v) is 2.10. The maximum absolute atomic E-state index is 13.4. The van der Waals surface area contributed by atoms with Crippen molar-refractivity contribution in [3.63, 3.8) is 0 Å². The molecule has 0 atom stereocenters. The number of carbonyl (C=O) groups is 1. The maximum Gasteiger partial charge on any atom is 0.309 e. The summed E-state index contributed by atoms with van der Waals surface area (Å²) in [6.07, 6.45) is 2.14. The number of aliphatic carboxylic acids is 1. The molecule has 4 heteroatoms. The molecule has 1 saturated carbocycles. The highest BCUT2D eigenvalue weighted by molar-refractivity contribution is 5.76. The molecule has 2 nitrogen and oxygen atoms in total. The van der Waals surface area contributed by atoms with Gasteiger partial charge in [-0.3, -0.25) is 4.79 Å². The molecule has 0 radical (unpaired) electrons. The molecule has 1 aromatic rings. The van der Waals surface area contributed by atoms with Gasteiger partial charge in [0.25, 0.3) is 0 Å². The fraction of sp³-hybridized carbons (Fsp3) is 0.417. The number of halogens is 2. The van der Waals surface area contributed by atoms with Gasteiger partial charge in [-0.15, -0.1) is 0 Å². The van der Waals surface area contributed by atoms with E-state index in [1.807, 2.05) is 0 Å². The Morgan fingerprint density at radius 3 is 2.50 bits per heavy atom. The van der Waals surface area contributed by atoms with E-state index in [4.69, 9.17) is 5.11 Å². The molecule has 16 heavy (non-hydrogen) atoms. The summed E-state index contributed by atoms with van der Waals surface area (Å²) in [7, 11) is 0. The molecule has 0 spiro atoms.